The molecule has 0 aromatic heterocycles. The van der Waals surface area contributed by atoms with E-state index in [9.17, 15) is 0 Å². The van der Waals surface area contributed by atoms with Crippen LogP contribution in [0.5, 0.6) is 0 Å². The molecule has 0 saturated heterocycles. The van der Waals surface area contributed by atoms with Gasteiger partial charge in [0.15, 0.2) is 0 Å². The molecule has 2 aromatic carbocycles. The van der Waals surface area contributed by atoms with E-state index < -0.39 is 0 Å². The van der Waals surface area contributed by atoms with Crippen molar-refractivity contribution in [2.45, 2.75) is 12.8 Å². The molecule has 2 rings (SSSR count). The molecule has 0 radical (unpaired) electrons. The average molecular weight is 234 g/mol. The summed E-state index contributed by atoms with van der Waals surface area (Å²) in [6.45, 7) is 3.85. The smallest absolute Gasteiger partial charge is 0.0230 e. The van der Waals surface area contributed by atoms with E-state index in [-0.39, 0.29) is 0 Å². The van der Waals surface area contributed by atoms with Crippen molar-refractivity contribution in [2.24, 2.45) is 0 Å². The summed E-state index contributed by atoms with van der Waals surface area (Å²) in [5.41, 5.74) is 3.87. The SMILES string of the molecule is C=Cc1ccccc1CC/C=C/c1ccccc1. The van der Waals surface area contributed by atoms with Crippen LogP contribution in [0.25, 0.3) is 12.2 Å². The van der Waals surface area contributed by atoms with Crippen LogP contribution in [0.1, 0.15) is 23.1 Å². The molecule has 0 spiro atoms. The van der Waals surface area contributed by atoms with E-state index in [1.165, 1.54) is 16.7 Å². The van der Waals surface area contributed by atoms with E-state index in [2.05, 4.69) is 67.3 Å². The summed E-state index contributed by atoms with van der Waals surface area (Å²) < 4.78 is 0. The van der Waals surface area contributed by atoms with Crippen LogP contribution in [0.15, 0.2) is 67.3 Å². The van der Waals surface area contributed by atoms with Crippen molar-refractivity contribution < 1.29 is 0 Å². The van der Waals surface area contributed by atoms with Crippen LogP contribution in [0.4, 0.5) is 0 Å². The Morgan fingerprint density at radius 2 is 1.61 bits per heavy atom. The summed E-state index contributed by atoms with van der Waals surface area (Å²) in [5.74, 6) is 0. The molecular weight excluding hydrogens is 216 g/mol. The summed E-state index contributed by atoms with van der Waals surface area (Å²) in [5, 5.41) is 0. The minimum absolute atomic E-state index is 1.06. The van der Waals surface area contributed by atoms with Gasteiger partial charge in [0.2, 0.25) is 0 Å². The molecule has 0 unspecified atom stereocenters. The fraction of sp³-hybridized carbons (Fsp3) is 0.111. The quantitative estimate of drug-likeness (QED) is 0.684. The third kappa shape index (κ3) is 3.46. The molecular formula is C18H18. The van der Waals surface area contributed by atoms with Gasteiger partial charge in [-0.25, -0.2) is 0 Å². The molecule has 90 valence electrons. The van der Waals surface area contributed by atoms with E-state index in [4.69, 9.17) is 0 Å². The summed E-state index contributed by atoms with van der Waals surface area (Å²) >= 11 is 0. The second-order valence-electron chi connectivity index (χ2n) is 4.25. The van der Waals surface area contributed by atoms with Crippen molar-refractivity contribution in [1.82, 2.24) is 0 Å². The maximum Gasteiger partial charge on any atom is -0.0230 e. The van der Waals surface area contributed by atoms with Crippen molar-refractivity contribution >= 4 is 12.2 Å². The molecule has 0 N–H and O–H groups in total. The highest BCUT2D eigenvalue weighted by Crippen LogP contribution is 2.13. The van der Waals surface area contributed by atoms with Crippen molar-refractivity contribution in [1.29, 1.82) is 0 Å². The number of benzene rings is 2. The zero-order valence-electron chi connectivity index (χ0n) is 10.5. The molecule has 0 amide bonds. The predicted molar refractivity (Wildman–Crippen MR) is 80.3 cm³/mol. The van der Waals surface area contributed by atoms with Gasteiger partial charge in [-0.15, -0.1) is 0 Å². The Hall–Kier alpha value is -2.08. The molecule has 0 aliphatic carbocycles. The summed E-state index contributed by atoms with van der Waals surface area (Å²) in [7, 11) is 0. The minimum Gasteiger partial charge on any atom is -0.0985 e. The molecule has 18 heavy (non-hydrogen) atoms. The lowest BCUT2D eigenvalue weighted by Crippen LogP contribution is -1.87. The van der Waals surface area contributed by atoms with Crippen molar-refractivity contribution in [3.63, 3.8) is 0 Å². The lowest BCUT2D eigenvalue weighted by molar-refractivity contribution is 1.00. The van der Waals surface area contributed by atoms with Gasteiger partial charge in [-0.2, -0.15) is 0 Å². The van der Waals surface area contributed by atoms with E-state index in [0.717, 1.165) is 12.8 Å². The Balaban J connectivity index is 1.92. The zero-order chi connectivity index (χ0) is 12.6. The zero-order valence-corrected chi connectivity index (χ0v) is 10.5. The summed E-state index contributed by atoms with van der Waals surface area (Å²) in [6, 6.07) is 18.8. The molecule has 0 heterocycles. The fourth-order valence-electron chi connectivity index (χ4n) is 1.98. The maximum absolute atomic E-state index is 3.85. The Kier molecular flexibility index (Phi) is 4.54. The lowest BCUT2D eigenvalue weighted by Gasteiger charge is -2.03. The molecule has 0 heteroatoms. The van der Waals surface area contributed by atoms with Crippen LogP contribution >= 0.6 is 0 Å². The molecule has 0 nitrogen and oxygen atoms in total. The monoisotopic (exact) mass is 234 g/mol. The number of rotatable bonds is 5. The number of hydrogen-bond donors (Lipinski definition) is 0. The van der Waals surface area contributed by atoms with Crippen LogP contribution in [-0.4, -0.2) is 0 Å². The first-order valence-corrected chi connectivity index (χ1v) is 6.32. The van der Waals surface area contributed by atoms with Crippen LogP contribution < -0.4 is 0 Å². The van der Waals surface area contributed by atoms with Crippen LogP contribution in [0.3, 0.4) is 0 Å². The van der Waals surface area contributed by atoms with E-state index in [1.54, 1.807) is 0 Å². The third-order valence-electron chi connectivity index (χ3n) is 2.97. The molecule has 0 bridgehead atoms. The summed E-state index contributed by atoms with van der Waals surface area (Å²) in [6.07, 6.45) is 8.45. The Bertz CT molecular complexity index is 521. The lowest BCUT2D eigenvalue weighted by atomic mass is 10.0. The second kappa shape index (κ2) is 6.61. The largest absolute Gasteiger partial charge is 0.0985 e. The Morgan fingerprint density at radius 3 is 2.39 bits per heavy atom. The first-order chi connectivity index (χ1) is 8.90. The third-order valence-corrected chi connectivity index (χ3v) is 2.97. The van der Waals surface area contributed by atoms with Gasteiger partial charge in [-0.3, -0.25) is 0 Å². The predicted octanol–water partition coefficient (Wildman–Crippen LogP) is 4.98. The topological polar surface area (TPSA) is 0 Å². The van der Waals surface area contributed by atoms with Gasteiger partial charge in [-0.05, 0) is 29.5 Å². The van der Waals surface area contributed by atoms with Crippen molar-refractivity contribution in [2.75, 3.05) is 0 Å². The molecule has 0 aliphatic rings. The minimum atomic E-state index is 1.06. The van der Waals surface area contributed by atoms with Crippen molar-refractivity contribution in [3.8, 4) is 0 Å². The number of aryl methyl sites for hydroxylation is 1. The van der Waals surface area contributed by atoms with Gasteiger partial charge in [0.05, 0.1) is 0 Å². The Labute approximate surface area is 109 Å². The van der Waals surface area contributed by atoms with Gasteiger partial charge in [0.25, 0.3) is 0 Å². The highest BCUT2D eigenvalue weighted by molar-refractivity contribution is 5.52. The van der Waals surface area contributed by atoms with Gasteiger partial charge >= 0.3 is 0 Å². The van der Waals surface area contributed by atoms with Crippen molar-refractivity contribution in [3.05, 3.63) is 83.9 Å². The first-order valence-electron chi connectivity index (χ1n) is 6.32. The van der Waals surface area contributed by atoms with E-state index in [0.29, 0.717) is 0 Å². The number of hydrogen-bond acceptors (Lipinski definition) is 0. The standard InChI is InChI=1S/C18H18/c1-2-17-13-8-9-15-18(17)14-7-6-12-16-10-4-3-5-11-16/h2-6,8-13,15H,1,7,14H2/b12-6+. The molecule has 2 aromatic rings. The van der Waals surface area contributed by atoms with Gasteiger partial charge in [-0.1, -0.05) is 79.4 Å². The molecule has 0 atom stereocenters. The van der Waals surface area contributed by atoms with Crippen LogP contribution in [0.2, 0.25) is 0 Å². The van der Waals surface area contributed by atoms with Gasteiger partial charge in [0.1, 0.15) is 0 Å². The van der Waals surface area contributed by atoms with Gasteiger partial charge < -0.3 is 0 Å². The fourth-order valence-corrected chi connectivity index (χ4v) is 1.98. The van der Waals surface area contributed by atoms with Gasteiger partial charge in [0, 0.05) is 0 Å². The van der Waals surface area contributed by atoms with Crippen LogP contribution in [0, 0.1) is 0 Å². The van der Waals surface area contributed by atoms with Crippen LogP contribution in [-0.2, 0) is 6.42 Å². The molecule has 0 aliphatic heterocycles. The Morgan fingerprint density at radius 1 is 0.889 bits per heavy atom. The molecule has 0 fully saturated rings. The first kappa shape index (κ1) is 12.4. The van der Waals surface area contributed by atoms with E-state index in [1.807, 2.05) is 12.1 Å². The second-order valence-corrected chi connectivity index (χ2v) is 4.25. The molecule has 0 saturated carbocycles. The highest BCUT2D eigenvalue weighted by atomic mass is 14.0. The summed E-state index contributed by atoms with van der Waals surface area (Å²) in [4.78, 5) is 0. The average Bonchev–Trinajstić information content (AvgIpc) is 2.45. The highest BCUT2D eigenvalue weighted by Gasteiger charge is 1.96. The number of allylic oxidation sites excluding steroid dienone is 1. The normalized spacial score (nSPS) is 10.7. The maximum atomic E-state index is 3.85. The van der Waals surface area contributed by atoms with E-state index >= 15 is 0 Å².